The summed E-state index contributed by atoms with van der Waals surface area (Å²) >= 11 is 13.1. The summed E-state index contributed by atoms with van der Waals surface area (Å²) in [6.45, 7) is 16.3. The molecule has 1 aliphatic rings. The van der Waals surface area contributed by atoms with Gasteiger partial charge < -0.3 is 28.8 Å². The van der Waals surface area contributed by atoms with E-state index in [-0.39, 0.29) is 32.0 Å². The Hall–Kier alpha value is -1.15. The van der Waals surface area contributed by atoms with E-state index in [2.05, 4.69) is 44.6 Å². The molecule has 1 aromatic carbocycles. The monoisotopic (exact) mass is 603 g/mol. The van der Waals surface area contributed by atoms with Crippen LogP contribution in [-0.4, -0.2) is 64.3 Å². The minimum Gasteiger partial charge on any atom is -0.487 e. The highest BCUT2D eigenvalue weighted by Gasteiger charge is 2.24. The molecule has 1 amide bonds. The van der Waals surface area contributed by atoms with Gasteiger partial charge in [0, 0.05) is 35.8 Å². The van der Waals surface area contributed by atoms with Gasteiger partial charge in [0.2, 0.25) is 5.91 Å². The maximum absolute atomic E-state index is 11.8. The third-order valence-corrected chi connectivity index (χ3v) is 10.5. The topological polar surface area (TPSA) is 83.8 Å². The van der Waals surface area contributed by atoms with Crippen molar-refractivity contribution in [3.8, 4) is 5.75 Å². The zero-order valence-corrected chi connectivity index (χ0v) is 27.1. The molecule has 0 bridgehead atoms. The van der Waals surface area contributed by atoms with E-state index in [1.807, 2.05) is 4.57 Å². The zero-order chi connectivity index (χ0) is 27.9. The molecule has 0 spiro atoms. The van der Waals surface area contributed by atoms with Crippen molar-refractivity contribution in [1.29, 1.82) is 0 Å². The van der Waals surface area contributed by atoms with E-state index in [0.29, 0.717) is 53.5 Å². The molecule has 3 rings (SSSR count). The average Bonchev–Trinajstić information content (AvgIpc) is 3.14. The van der Waals surface area contributed by atoms with Crippen LogP contribution in [0.4, 0.5) is 0 Å². The number of fused-ring (bicyclic) bond motifs is 1. The normalized spacial score (nSPS) is 16.7. The number of halogens is 2. The Morgan fingerprint density at radius 2 is 1.74 bits per heavy atom. The number of rotatable bonds is 15. The Kier molecular flexibility index (Phi) is 11.5. The molecule has 1 atom stereocenters. The van der Waals surface area contributed by atoms with E-state index in [0.717, 1.165) is 30.4 Å². The average molecular weight is 605 g/mol. The maximum atomic E-state index is 11.8. The zero-order valence-electron chi connectivity index (χ0n) is 23.6. The first-order valence-corrected chi connectivity index (χ1v) is 21.5. The van der Waals surface area contributed by atoms with Gasteiger partial charge in [-0.05, 0) is 31.0 Å². The van der Waals surface area contributed by atoms with Crippen molar-refractivity contribution in [1.82, 2.24) is 14.9 Å². The predicted molar refractivity (Wildman–Crippen MR) is 159 cm³/mol. The maximum Gasteiger partial charge on any atom is 0.220 e. The summed E-state index contributed by atoms with van der Waals surface area (Å²) in [5, 5.41) is 3.64. The molecule has 214 valence electrons. The molecule has 1 unspecified atom stereocenters. The van der Waals surface area contributed by atoms with E-state index in [9.17, 15) is 4.79 Å². The minimum absolute atomic E-state index is 0.0402. The summed E-state index contributed by atoms with van der Waals surface area (Å²) in [7, 11) is -2.39. The molecule has 1 N–H and O–H groups in total. The molecule has 1 fully saturated rings. The Balaban J connectivity index is 1.78. The lowest BCUT2D eigenvalue weighted by Crippen LogP contribution is -2.42. The summed E-state index contributed by atoms with van der Waals surface area (Å²) in [4.78, 5) is 16.6. The lowest BCUT2D eigenvalue weighted by Gasteiger charge is -2.23. The Labute approximate surface area is 238 Å². The number of ether oxygens (including phenoxy) is 4. The molecule has 0 radical (unpaired) electrons. The van der Waals surface area contributed by atoms with Gasteiger partial charge in [-0.2, -0.15) is 0 Å². The molecule has 8 nitrogen and oxygen atoms in total. The molecule has 1 saturated heterocycles. The highest BCUT2D eigenvalue weighted by atomic mass is 35.5. The Bertz CT molecular complexity index is 1090. The van der Waals surface area contributed by atoms with Crippen molar-refractivity contribution in [3.63, 3.8) is 0 Å². The van der Waals surface area contributed by atoms with E-state index in [1.54, 1.807) is 6.07 Å². The second kappa shape index (κ2) is 14.0. The molecule has 2 aromatic rings. The molecule has 2 heterocycles. The van der Waals surface area contributed by atoms with Crippen LogP contribution in [0.1, 0.15) is 25.1 Å². The number of aromatic nitrogens is 2. The van der Waals surface area contributed by atoms with Gasteiger partial charge in [-0.3, -0.25) is 4.79 Å². The van der Waals surface area contributed by atoms with Crippen molar-refractivity contribution >= 4 is 56.3 Å². The van der Waals surface area contributed by atoms with Crippen molar-refractivity contribution in [2.24, 2.45) is 0 Å². The lowest BCUT2D eigenvalue weighted by molar-refractivity contribution is -0.123. The van der Waals surface area contributed by atoms with Gasteiger partial charge in [0.25, 0.3) is 0 Å². The molecular weight excluding hydrogens is 561 g/mol. The fourth-order valence-electron chi connectivity index (χ4n) is 3.96. The molecule has 1 aromatic heterocycles. The van der Waals surface area contributed by atoms with Crippen LogP contribution in [0.2, 0.25) is 61.4 Å². The fraction of sp³-hybridized carbons (Fsp3) is 0.692. The van der Waals surface area contributed by atoms with Crippen LogP contribution in [0.5, 0.6) is 5.75 Å². The second-order valence-corrected chi connectivity index (χ2v) is 24.4. The van der Waals surface area contributed by atoms with Crippen LogP contribution in [0, 0.1) is 0 Å². The number of carbonyl (C=O) groups excluding carboxylic acids is 1. The molecule has 0 saturated carbocycles. The quantitative estimate of drug-likeness (QED) is 0.141. The molecule has 12 heteroatoms. The summed E-state index contributed by atoms with van der Waals surface area (Å²) < 4.78 is 25.7. The van der Waals surface area contributed by atoms with Crippen LogP contribution in [0.15, 0.2) is 6.07 Å². The fourth-order valence-corrected chi connectivity index (χ4v) is 5.86. The van der Waals surface area contributed by atoms with Gasteiger partial charge in [0.05, 0.1) is 16.6 Å². The largest absolute Gasteiger partial charge is 0.487 e. The van der Waals surface area contributed by atoms with Gasteiger partial charge in [0.1, 0.15) is 43.1 Å². The van der Waals surface area contributed by atoms with Gasteiger partial charge in [-0.1, -0.05) is 62.5 Å². The number of imidazole rings is 1. The first kappa shape index (κ1) is 31.4. The van der Waals surface area contributed by atoms with Gasteiger partial charge in [0.15, 0.2) is 5.75 Å². The third kappa shape index (κ3) is 9.80. The van der Waals surface area contributed by atoms with Gasteiger partial charge in [-0.25, -0.2) is 4.98 Å². The van der Waals surface area contributed by atoms with Crippen LogP contribution in [0.25, 0.3) is 11.0 Å². The minimum atomic E-state index is -1.23. The summed E-state index contributed by atoms with van der Waals surface area (Å²) in [5.41, 5.74) is 1.35. The van der Waals surface area contributed by atoms with E-state index < -0.39 is 16.1 Å². The number of piperidine rings is 1. The van der Waals surface area contributed by atoms with E-state index in [4.69, 9.17) is 47.1 Å². The number of hydrogen-bond acceptors (Lipinski definition) is 6. The van der Waals surface area contributed by atoms with Crippen molar-refractivity contribution in [2.75, 3.05) is 26.6 Å². The van der Waals surface area contributed by atoms with E-state index in [1.165, 1.54) is 0 Å². The number of carbonyl (C=O) groups is 1. The molecular formula is C26H43Cl2N3O5Si2. The highest BCUT2D eigenvalue weighted by molar-refractivity contribution is 6.76. The number of nitrogens with one attached hydrogen (secondary N) is 1. The third-order valence-electron chi connectivity index (χ3n) is 6.33. The van der Waals surface area contributed by atoms with Crippen molar-refractivity contribution in [2.45, 2.75) is 90.0 Å². The lowest BCUT2D eigenvalue weighted by atomic mass is 10.1. The number of benzene rings is 1. The van der Waals surface area contributed by atoms with Gasteiger partial charge in [-0.15, -0.1) is 0 Å². The predicted octanol–water partition coefficient (Wildman–Crippen LogP) is 6.53. The first-order chi connectivity index (χ1) is 17.8. The smallest absolute Gasteiger partial charge is 0.220 e. The first-order valence-electron chi connectivity index (χ1n) is 13.4. The standard InChI is InChI=1S/C26H43Cl2N3O5Si2/c1-37(2,3)12-10-33-17-31-21-14-20(27)24(28)26(36-15-19-8-7-9-23(32)29-19)25(21)30-22(31)16-35-18-34-11-13-38(4,5)6/h14,19H,7-13,15-18H2,1-6H3,(H,29,32). The second-order valence-electron chi connectivity index (χ2n) is 12.3. The van der Waals surface area contributed by atoms with Gasteiger partial charge >= 0.3 is 0 Å². The Morgan fingerprint density at radius 3 is 2.39 bits per heavy atom. The summed E-state index contributed by atoms with van der Waals surface area (Å²) in [6.07, 6.45) is 2.23. The number of amides is 1. The van der Waals surface area contributed by atoms with Crippen LogP contribution < -0.4 is 10.1 Å². The molecule has 38 heavy (non-hydrogen) atoms. The summed E-state index contributed by atoms with van der Waals surface area (Å²) in [6, 6.07) is 3.85. The van der Waals surface area contributed by atoms with Crippen molar-refractivity contribution in [3.05, 3.63) is 21.9 Å². The summed E-state index contributed by atoms with van der Waals surface area (Å²) in [5.74, 6) is 1.12. The number of nitrogens with zero attached hydrogens (tertiary/aromatic N) is 2. The Morgan fingerprint density at radius 1 is 1.05 bits per heavy atom. The number of hydrogen-bond donors (Lipinski definition) is 1. The van der Waals surface area contributed by atoms with E-state index >= 15 is 0 Å². The van der Waals surface area contributed by atoms with Crippen molar-refractivity contribution < 1.29 is 23.7 Å². The highest BCUT2D eigenvalue weighted by Crippen LogP contribution is 2.39. The van der Waals surface area contributed by atoms with Crippen LogP contribution in [-0.2, 0) is 32.3 Å². The SMILES string of the molecule is C[Si](C)(C)CCOCOCc1nc2c(OCC3CCCC(=O)N3)c(Cl)c(Cl)cc2n1COCC[Si](C)(C)C. The molecule has 0 aliphatic carbocycles. The van der Waals surface area contributed by atoms with Crippen LogP contribution in [0.3, 0.4) is 0 Å². The molecule has 1 aliphatic heterocycles. The van der Waals surface area contributed by atoms with Crippen LogP contribution >= 0.6 is 23.2 Å².